The normalized spacial score (nSPS) is 19.3. The van der Waals surface area contributed by atoms with E-state index < -0.39 is 23.9 Å². The molecule has 1 heterocycles. The Labute approximate surface area is 188 Å². The van der Waals surface area contributed by atoms with E-state index in [1.165, 1.54) is 31.2 Å². The van der Waals surface area contributed by atoms with Crippen LogP contribution in [-0.4, -0.2) is 52.3 Å². The molecule has 2 N–H and O–H groups in total. The van der Waals surface area contributed by atoms with Crippen molar-refractivity contribution in [1.82, 2.24) is 9.97 Å². The van der Waals surface area contributed by atoms with Gasteiger partial charge in [0, 0.05) is 36.9 Å². The summed E-state index contributed by atoms with van der Waals surface area (Å²) in [5.41, 5.74) is 3.78. The molecule has 1 aromatic carbocycles. The van der Waals surface area contributed by atoms with Gasteiger partial charge in [0.2, 0.25) is 5.95 Å². The third-order valence-electron chi connectivity index (χ3n) is 6.14. The van der Waals surface area contributed by atoms with Gasteiger partial charge in [-0.1, -0.05) is 20.8 Å². The van der Waals surface area contributed by atoms with Crippen LogP contribution in [0.25, 0.3) is 11.3 Å². The minimum absolute atomic E-state index is 0.0161. The predicted molar refractivity (Wildman–Crippen MR) is 120 cm³/mol. The van der Waals surface area contributed by atoms with E-state index in [-0.39, 0.29) is 30.5 Å². The maximum absolute atomic E-state index is 14.3. The number of rotatable bonds is 8. The van der Waals surface area contributed by atoms with Gasteiger partial charge in [0.1, 0.15) is 11.6 Å². The van der Waals surface area contributed by atoms with Gasteiger partial charge in [-0.25, -0.2) is 19.4 Å². The topological polar surface area (TPSA) is 95.8 Å². The second kappa shape index (κ2) is 9.60. The van der Waals surface area contributed by atoms with Gasteiger partial charge in [0.15, 0.2) is 0 Å². The number of carbonyl (C=O) groups is 1. The molecule has 0 aliphatic heterocycles. The Balaban J connectivity index is 2.18. The zero-order chi connectivity index (χ0) is 23.7. The number of hydrogen-bond donors (Lipinski definition) is 2. The summed E-state index contributed by atoms with van der Waals surface area (Å²) in [5.74, 6) is -0.814. The number of hydroxylamine groups is 1. The number of halogens is 1. The number of aromatic nitrogens is 2. The molecule has 0 fully saturated rings. The fourth-order valence-corrected chi connectivity index (χ4v) is 4.65. The third-order valence-corrected chi connectivity index (χ3v) is 6.14. The van der Waals surface area contributed by atoms with E-state index in [9.17, 15) is 19.4 Å². The van der Waals surface area contributed by atoms with Crippen LogP contribution in [0.15, 0.2) is 18.2 Å². The Hall–Kier alpha value is -2.42. The zero-order valence-electron chi connectivity index (χ0n) is 19.5. The lowest BCUT2D eigenvalue weighted by Crippen LogP contribution is -2.32. The van der Waals surface area contributed by atoms with Crippen molar-refractivity contribution in [2.45, 2.75) is 70.5 Å². The van der Waals surface area contributed by atoms with Crippen LogP contribution in [0.1, 0.15) is 75.1 Å². The summed E-state index contributed by atoms with van der Waals surface area (Å²) in [7, 11) is 3.25. The van der Waals surface area contributed by atoms with Crippen molar-refractivity contribution in [1.29, 1.82) is 0 Å². The summed E-state index contributed by atoms with van der Waals surface area (Å²) >= 11 is 0. The monoisotopic (exact) mass is 445 g/mol. The number of nitrogens with zero attached hydrogens (tertiary/aromatic N) is 3. The van der Waals surface area contributed by atoms with Crippen LogP contribution in [0.5, 0.6) is 0 Å². The molecular weight excluding hydrogens is 413 g/mol. The molecular formula is C24H32FN3O4. The molecule has 7 nitrogen and oxygen atoms in total. The summed E-state index contributed by atoms with van der Waals surface area (Å²) in [6.45, 7) is 7.44. The molecule has 1 aliphatic carbocycles. The SMILES string of the molecule is CON(C)c1nc2c(c(C(C)C)n1)C(C)[C@H]([C@@H](O)C[C@@H](O)CC(C)=O)c1cc(F)ccc1-2. The van der Waals surface area contributed by atoms with Crippen LogP contribution in [0.2, 0.25) is 0 Å². The number of carbonyl (C=O) groups excluding carboxylic acids is 1. The number of hydrogen-bond acceptors (Lipinski definition) is 7. The fraction of sp³-hybridized carbons (Fsp3) is 0.542. The molecule has 2 aromatic rings. The Morgan fingerprint density at radius 3 is 2.56 bits per heavy atom. The van der Waals surface area contributed by atoms with E-state index in [4.69, 9.17) is 14.8 Å². The molecule has 0 spiro atoms. The first kappa shape index (κ1) is 24.2. The number of ketones is 1. The van der Waals surface area contributed by atoms with Gasteiger partial charge in [-0.2, -0.15) is 0 Å². The van der Waals surface area contributed by atoms with Crippen LogP contribution < -0.4 is 5.06 Å². The molecule has 0 saturated heterocycles. The Kier molecular flexibility index (Phi) is 7.27. The van der Waals surface area contributed by atoms with E-state index >= 15 is 0 Å². The highest BCUT2D eigenvalue weighted by molar-refractivity contribution is 5.76. The summed E-state index contributed by atoms with van der Waals surface area (Å²) in [6.07, 6.45) is -1.96. The van der Waals surface area contributed by atoms with Crippen molar-refractivity contribution in [3.8, 4) is 11.3 Å². The molecule has 0 radical (unpaired) electrons. The van der Waals surface area contributed by atoms with E-state index in [0.29, 0.717) is 17.2 Å². The average molecular weight is 446 g/mol. The average Bonchev–Trinajstić information content (AvgIpc) is 2.71. The van der Waals surface area contributed by atoms with E-state index in [2.05, 4.69) is 0 Å². The number of aliphatic hydroxyl groups is 2. The maximum Gasteiger partial charge on any atom is 0.250 e. The third kappa shape index (κ3) is 4.67. The van der Waals surface area contributed by atoms with Crippen LogP contribution in [0.4, 0.5) is 10.3 Å². The minimum Gasteiger partial charge on any atom is -0.393 e. The highest BCUT2D eigenvalue weighted by Crippen LogP contribution is 2.50. The number of Topliss-reactive ketones (excluding diaryl/α,β-unsaturated/α-hetero) is 1. The molecule has 8 heteroatoms. The van der Waals surface area contributed by atoms with Gasteiger partial charge in [-0.05, 0) is 42.5 Å². The lowest BCUT2D eigenvalue weighted by atomic mass is 9.69. The Morgan fingerprint density at radius 1 is 1.28 bits per heavy atom. The van der Waals surface area contributed by atoms with Crippen molar-refractivity contribution in [2.24, 2.45) is 0 Å². The van der Waals surface area contributed by atoms with Gasteiger partial charge in [0.25, 0.3) is 0 Å². The van der Waals surface area contributed by atoms with E-state index in [1.807, 2.05) is 20.8 Å². The standard InChI is InChI=1S/C24H32FN3O4/c1-12(2)22-21-14(4)20(19(31)11-16(30)9-13(3)29)18-10-15(25)7-8-17(18)23(21)27-24(26-22)28(5)32-6/h7-8,10,12,14,16,19-20,30-31H,9,11H2,1-6H3/t14?,16-,19-,20-/m0/s1. The van der Waals surface area contributed by atoms with Gasteiger partial charge in [0.05, 0.1) is 30.7 Å². The Morgan fingerprint density at radius 2 is 1.97 bits per heavy atom. The van der Waals surface area contributed by atoms with Crippen molar-refractivity contribution in [3.05, 3.63) is 40.8 Å². The molecule has 0 saturated carbocycles. The number of aliphatic hydroxyl groups excluding tert-OH is 2. The van der Waals surface area contributed by atoms with Crippen molar-refractivity contribution in [3.63, 3.8) is 0 Å². The van der Waals surface area contributed by atoms with Crippen molar-refractivity contribution < 1.29 is 24.2 Å². The van der Waals surface area contributed by atoms with Crippen LogP contribution in [-0.2, 0) is 9.63 Å². The molecule has 4 atom stereocenters. The molecule has 1 aliphatic rings. The molecule has 1 aromatic heterocycles. The zero-order valence-corrected chi connectivity index (χ0v) is 19.5. The quantitative estimate of drug-likeness (QED) is 0.598. The first-order valence-corrected chi connectivity index (χ1v) is 10.9. The molecule has 0 amide bonds. The highest BCUT2D eigenvalue weighted by atomic mass is 19.1. The first-order valence-electron chi connectivity index (χ1n) is 10.9. The summed E-state index contributed by atoms with van der Waals surface area (Å²) in [6, 6.07) is 4.48. The van der Waals surface area contributed by atoms with Gasteiger partial charge in [-0.15, -0.1) is 0 Å². The molecule has 0 bridgehead atoms. The van der Waals surface area contributed by atoms with Gasteiger partial charge >= 0.3 is 0 Å². The largest absolute Gasteiger partial charge is 0.393 e. The van der Waals surface area contributed by atoms with E-state index in [1.54, 1.807) is 13.1 Å². The lowest BCUT2D eigenvalue weighted by Gasteiger charge is -2.38. The van der Waals surface area contributed by atoms with Crippen LogP contribution in [0, 0.1) is 5.82 Å². The number of fused-ring (bicyclic) bond motifs is 3. The molecule has 32 heavy (non-hydrogen) atoms. The minimum atomic E-state index is -0.977. The lowest BCUT2D eigenvalue weighted by molar-refractivity contribution is -0.119. The summed E-state index contributed by atoms with van der Waals surface area (Å²) in [5, 5.41) is 22.9. The molecule has 174 valence electrons. The van der Waals surface area contributed by atoms with Crippen molar-refractivity contribution in [2.75, 3.05) is 19.2 Å². The number of anilines is 1. The summed E-state index contributed by atoms with van der Waals surface area (Å²) < 4.78 is 14.3. The molecule has 3 rings (SSSR count). The predicted octanol–water partition coefficient (Wildman–Crippen LogP) is 3.70. The Bertz CT molecular complexity index is 997. The van der Waals surface area contributed by atoms with Gasteiger partial charge < -0.3 is 10.2 Å². The van der Waals surface area contributed by atoms with Crippen LogP contribution in [0.3, 0.4) is 0 Å². The second-order valence-electron chi connectivity index (χ2n) is 8.91. The second-order valence-corrected chi connectivity index (χ2v) is 8.91. The smallest absolute Gasteiger partial charge is 0.250 e. The highest BCUT2D eigenvalue weighted by Gasteiger charge is 2.40. The molecule has 1 unspecified atom stereocenters. The van der Waals surface area contributed by atoms with E-state index in [0.717, 1.165) is 16.8 Å². The summed E-state index contributed by atoms with van der Waals surface area (Å²) in [4.78, 5) is 26.1. The number of benzene rings is 1. The maximum atomic E-state index is 14.3. The van der Waals surface area contributed by atoms with Crippen LogP contribution >= 0.6 is 0 Å². The fourth-order valence-electron chi connectivity index (χ4n) is 4.65. The van der Waals surface area contributed by atoms with Crippen molar-refractivity contribution >= 4 is 11.7 Å². The van der Waals surface area contributed by atoms with Gasteiger partial charge in [-0.3, -0.25) is 9.63 Å². The first-order chi connectivity index (χ1) is 15.0.